The van der Waals surface area contributed by atoms with Gasteiger partial charge < -0.3 is 19.7 Å². The number of benzene rings is 2. The summed E-state index contributed by atoms with van der Waals surface area (Å²) < 4.78 is 10.7. The standard InChI is InChI=1S/C23H27ClN2O4/c1-3-30-19-7-4-16(5-8-19)14-22(27)25-18-10-12-26(13-11-18)23(28)20-15-17(24)6-9-21(20)29-2/h4-9,15,18H,3,10-14H2,1-2H3,(H,25,27). The zero-order valence-electron chi connectivity index (χ0n) is 17.3. The molecule has 6 nitrogen and oxygen atoms in total. The van der Waals surface area contributed by atoms with Crippen LogP contribution in [-0.2, 0) is 11.2 Å². The summed E-state index contributed by atoms with van der Waals surface area (Å²) in [6, 6.07) is 12.7. The molecule has 7 heteroatoms. The summed E-state index contributed by atoms with van der Waals surface area (Å²) in [5.41, 5.74) is 1.40. The lowest BCUT2D eigenvalue weighted by Crippen LogP contribution is -2.47. The van der Waals surface area contributed by atoms with E-state index in [1.54, 1.807) is 23.1 Å². The van der Waals surface area contributed by atoms with Gasteiger partial charge in [-0.25, -0.2) is 0 Å². The Morgan fingerprint density at radius 2 is 1.83 bits per heavy atom. The number of ether oxygens (including phenoxy) is 2. The van der Waals surface area contributed by atoms with Gasteiger partial charge in [-0.05, 0) is 55.7 Å². The Kier molecular flexibility index (Phi) is 7.57. The van der Waals surface area contributed by atoms with Gasteiger partial charge in [0, 0.05) is 24.2 Å². The Bertz CT molecular complexity index is 877. The topological polar surface area (TPSA) is 67.9 Å². The first-order chi connectivity index (χ1) is 14.5. The third-order valence-corrected chi connectivity index (χ3v) is 5.37. The van der Waals surface area contributed by atoms with Gasteiger partial charge in [-0.2, -0.15) is 0 Å². The summed E-state index contributed by atoms with van der Waals surface area (Å²) >= 11 is 6.05. The summed E-state index contributed by atoms with van der Waals surface area (Å²) in [4.78, 5) is 27.0. The molecule has 1 N–H and O–H groups in total. The second-order valence-electron chi connectivity index (χ2n) is 7.23. The highest BCUT2D eigenvalue weighted by Gasteiger charge is 2.26. The van der Waals surface area contributed by atoms with Gasteiger partial charge in [0.2, 0.25) is 5.91 Å². The highest BCUT2D eigenvalue weighted by Crippen LogP contribution is 2.25. The van der Waals surface area contributed by atoms with Gasteiger partial charge in [-0.15, -0.1) is 0 Å². The van der Waals surface area contributed by atoms with Gasteiger partial charge >= 0.3 is 0 Å². The van der Waals surface area contributed by atoms with Crippen LogP contribution in [0.2, 0.25) is 5.02 Å². The first kappa shape index (κ1) is 22.0. The van der Waals surface area contributed by atoms with Gasteiger partial charge in [-0.3, -0.25) is 9.59 Å². The molecule has 0 saturated carbocycles. The van der Waals surface area contributed by atoms with Crippen molar-refractivity contribution in [1.29, 1.82) is 0 Å². The fraction of sp³-hybridized carbons (Fsp3) is 0.391. The van der Waals surface area contributed by atoms with E-state index in [1.165, 1.54) is 7.11 Å². The van der Waals surface area contributed by atoms with Crippen LogP contribution < -0.4 is 14.8 Å². The lowest BCUT2D eigenvalue weighted by atomic mass is 10.0. The number of rotatable bonds is 7. The van der Waals surface area contributed by atoms with Crippen molar-refractivity contribution >= 4 is 23.4 Å². The fourth-order valence-corrected chi connectivity index (χ4v) is 3.75. The van der Waals surface area contributed by atoms with Crippen LogP contribution in [0.5, 0.6) is 11.5 Å². The molecule has 1 aliphatic rings. The number of likely N-dealkylation sites (tertiary alicyclic amines) is 1. The molecule has 1 aliphatic heterocycles. The summed E-state index contributed by atoms with van der Waals surface area (Å²) in [6.07, 6.45) is 1.75. The SMILES string of the molecule is CCOc1ccc(CC(=O)NC2CCN(C(=O)c3cc(Cl)ccc3OC)CC2)cc1. The summed E-state index contributed by atoms with van der Waals surface area (Å²) in [7, 11) is 1.53. The maximum absolute atomic E-state index is 12.9. The Morgan fingerprint density at radius 3 is 2.47 bits per heavy atom. The largest absolute Gasteiger partial charge is 0.496 e. The van der Waals surface area contributed by atoms with Crippen LogP contribution in [0.4, 0.5) is 0 Å². The molecule has 1 saturated heterocycles. The van der Waals surface area contributed by atoms with E-state index in [9.17, 15) is 9.59 Å². The van der Waals surface area contributed by atoms with E-state index in [0.29, 0.717) is 55.3 Å². The first-order valence-electron chi connectivity index (χ1n) is 10.1. The van der Waals surface area contributed by atoms with Gasteiger partial charge in [0.25, 0.3) is 5.91 Å². The number of carbonyl (C=O) groups excluding carboxylic acids is 2. The molecule has 0 aliphatic carbocycles. The minimum absolute atomic E-state index is 0.0135. The van der Waals surface area contributed by atoms with Gasteiger partial charge in [0.1, 0.15) is 11.5 Å². The maximum atomic E-state index is 12.9. The van der Waals surface area contributed by atoms with E-state index >= 15 is 0 Å². The highest BCUT2D eigenvalue weighted by molar-refractivity contribution is 6.31. The second kappa shape index (κ2) is 10.3. The third kappa shape index (κ3) is 5.66. The lowest BCUT2D eigenvalue weighted by Gasteiger charge is -2.32. The van der Waals surface area contributed by atoms with Crippen molar-refractivity contribution < 1.29 is 19.1 Å². The van der Waals surface area contributed by atoms with Gasteiger partial charge in [0.15, 0.2) is 0 Å². The first-order valence-corrected chi connectivity index (χ1v) is 10.5. The molecule has 30 heavy (non-hydrogen) atoms. The molecular weight excluding hydrogens is 404 g/mol. The van der Waals surface area contributed by atoms with Crippen molar-refractivity contribution in [2.24, 2.45) is 0 Å². The van der Waals surface area contributed by atoms with Crippen molar-refractivity contribution in [3.63, 3.8) is 0 Å². The molecule has 1 heterocycles. The van der Waals surface area contributed by atoms with Gasteiger partial charge in [0.05, 0.1) is 25.7 Å². The van der Waals surface area contributed by atoms with Crippen LogP contribution in [0.3, 0.4) is 0 Å². The molecule has 0 unspecified atom stereocenters. The van der Waals surface area contributed by atoms with Crippen LogP contribution in [0.15, 0.2) is 42.5 Å². The molecule has 1 fully saturated rings. The number of hydrogen-bond donors (Lipinski definition) is 1. The molecule has 2 aromatic carbocycles. The second-order valence-corrected chi connectivity index (χ2v) is 7.67. The minimum Gasteiger partial charge on any atom is -0.496 e. The van der Waals surface area contributed by atoms with Gasteiger partial charge in [-0.1, -0.05) is 23.7 Å². The maximum Gasteiger partial charge on any atom is 0.257 e. The smallest absolute Gasteiger partial charge is 0.257 e. The number of methoxy groups -OCH3 is 1. The zero-order valence-corrected chi connectivity index (χ0v) is 18.1. The molecule has 0 atom stereocenters. The number of nitrogens with zero attached hydrogens (tertiary/aromatic N) is 1. The average molecular weight is 431 g/mol. The predicted octanol–water partition coefficient (Wildman–Crippen LogP) is 3.71. The monoisotopic (exact) mass is 430 g/mol. The van der Waals surface area contributed by atoms with Crippen LogP contribution in [0.25, 0.3) is 0 Å². The molecule has 0 radical (unpaired) electrons. The highest BCUT2D eigenvalue weighted by atomic mass is 35.5. The van der Waals surface area contributed by atoms with E-state index in [1.807, 2.05) is 31.2 Å². The number of carbonyl (C=O) groups is 2. The molecule has 0 spiro atoms. The van der Waals surface area contributed by atoms with E-state index in [0.717, 1.165) is 11.3 Å². The Balaban J connectivity index is 1.50. The number of halogens is 1. The molecule has 2 amide bonds. The lowest BCUT2D eigenvalue weighted by molar-refractivity contribution is -0.121. The quantitative estimate of drug-likeness (QED) is 0.727. The number of nitrogens with one attached hydrogen (secondary N) is 1. The zero-order chi connectivity index (χ0) is 21.5. The normalized spacial score (nSPS) is 14.3. The molecule has 160 valence electrons. The third-order valence-electron chi connectivity index (χ3n) is 5.14. The Labute approximate surface area is 182 Å². The van der Waals surface area contributed by atoms with E-state index in [4.69, 9.17) is 21.1 Å². The summed E-state index contributed by atoms with van der Waals surface area (Å²) in [5.74, 6) is 1.19. The van der Waals surface area contributed by atoms with Crippen molar-refractivity contribution in [1.82, 2.24) is 10.2 Å². The summed E-state index contributed by atoms with van der Waals surface area (Å²) in [5, 5.41) is 3.58. The summed E-state index contributed by atoms with van der Waals surface area (Å²) in [6.45, 7) is 3.70. The fourth-order valence-electron chi connectivity index (χ4n) is 3.58. The predicted molar refractivity (Wildman–Crippen MR) is 116 cm³/mol. The number of amides is 2. The van der Waals surface area contributed by atoms with Crippen molar-refractivity contribution in [2.45, 2.75) is 32.2 Å². The average Bonchev–Trinajstić information content (AvgIpc) is 2.75. The minimum atomic E-state index is -0.103. The Hall–Kier alpha value is -2.73. The molecule has 3 rings (SSSR count). The van der Waals surface area contributed by atoms with E-state index in [2.05, 4.69) is 5.32 Å². The van der Waals surface area contributed by atoms with Crippen molar-refractivity contribution in [3.8, 4) is 11.5 Å². The van der Waals surface area contributed by atoms with Crippen molar-refractivity contribution in [2.75, 3.05) is 26.8 Å². The molecule has 0 aromatic heterocycles. The van der Waals surface area contributed by atoms with Crippen LogP contribution in [-0.4, -0.2) is 49.6 Å². The molecular formula is C23H27ClN2O4. The van der Waals surface area contributed by atoms with Crippen molar-refractivity contribution in [3.05, 3.63) is 58.6 Å². The number of piperidine rings is 1. The van der Waals surface area contributed by atoms with Crippen LogP contribution in [0.1, 0.15) is 35.7 Å². The molecule has 0 bridgehead atoms. The van der Waals surface area contributed by atoms with E-state index in [-0.39, 0.29) is 17.9 Å². The molecule has 2 aromatic rings. The Morgan fingerprint density at radius 1 is 1.13 bits per heavy atom. The van der Waals surface area contributed by atoms with E-state index < -0.39 is 0 Å². The van der Waals surface area contributed by atoms with Crippen LogP contribution in [0, 0.1) is 0 Å². The number of hydrogen-bond acceptors (Lipinski definition) is 4. The van der Waals surface area contributed by atoms with Crippen LogP contribution >= 0.6 is 11.6 Å².